The molecule has 0 radical (unpaired) electrons. The van der Waals surface area contributed by atoms with Crippen LogP contribution in [0.1, 0.15) is 94.0 Å². The molecular weight excluding hydrogens is 706 g/mol. The summed E-state index contributed by atoms with van der Waals surface area (Å²) in [5, 5.41) is 0.782. The molecule has 1 N–H and O–H groups in total. The highest BCUT2D eigenvalue weighted by atomic mass is 35.5. The van der Waals surface area contributed by atoms with Crippen LogP contribution < -0.4 is 9.62 Å². The second-order valence-corrected chi connectivity index (χ2v) is 18.5. The van der Waals surface area contributed by atoms with Gasteiger partial charge in [0.25, 0.3) is 11.8 Å². The van der Waals surface area contributed by atoms with E-state index in [0.717, 1.165) is 86.3 Å². The van der Waals surface area contributed by atoms with Crippen molar-refractivity contribution in [1.29, 1.82) is 0 Å². The summed E-state index contributed by atoms with van der Waals surface area (Å²) in [4.78, 5) is 30.4. The number of methoxy groups -OCH3 is 1. The van der Waals surface area contributed by atoms with Crippen molar-refractivity contribution in [2.24, 2.45) is 22.1 Å². The lowest BCUT2D eigenvalue weighted by Crippen LogP contribution is -2.48. The van der Waals surface area contributed by atoms with Gasteiger partial charge in [0.15, 0.2) is 0 Å². The summed E-state index contributed by atoms with van der Waals surface area (Å²) in [5.41, 5.74) is 7.81. The van der Waals surface area contributed by atoms with E-state index in [4.69, 9.17) is 21.1 Å². The summed E-state index contributed by atoms with van der Waals surface area (Å²) in [6, 6.07) is 17.8. The Morgan fingerprint density at radius 2 is 1.89 bits per heavy atom. The van der Waals surface area contributed by atoms with E-state index >= 15 is 0 Å². The van der Waals surface area contributed by atoms with Crippen LogP contribution in [0.4, 0.5) is 5.69 Å². The summed E-state index contributed by atoms with van der Waals surface area (Å²) in [6.07, 6.45) is 13.0. The number of halogens is 1. The largest absolute Gasteiger partial charge is 0.377 e. The molecule has 1 unspecified atom stereocenters. The Bertz CT molecular complexity index is 2070. The number of nitrogens with zero attached hydrogens (tertiary/aromatic N) is 2. The predicted octanol–water partition coefficient (Wildman–Crippen LogP) is 8.03. The lowest BCUT2D eigenvalue weighted by molar-refractivity contribution is 0.0131. The van der Waals surface area contributed by atoms with Gasteiger partial charge >= 0.3 is 0 Å². The molecule has 8 nitrogen and oxygen atoms in total. The number of aryl methyl sites for hydroxylation is 2. The minimum Gasteiger partial charge on any atom is -0.377 e. The summed E-state index contributed by atoms with van der Waals surface area (Å²) in [5.74, 6) is -0.356. The average Bonchev–Trinajstić information content (AvgIpc) is 3.28. The van der Waals surface area contributed by atoms with Crippen molar-refractivity contribution in [3.8, 4) is 0 Å². The van der Waals surface area contributed by atoms with Gasteiger partial charge in [0.1, 0.15) is 9.92 Å². The summed E-state index contributed by atoms with van der Waals surface area (Å²) >= 11 is 6.50. The SMILES string of the molecule is CO[C@H]1/C=C\C[C@H](C)CS(=O)(NC(=O)c2ccc3c(c2)COCC3)=NC(=O)c2ccc3c(c2)N(C[C@@H]2CC[C@H]21)C[C@@]1(CCCc2cc(Cl)ccc21)CC3. The van der Waals surface area contributed by atoms with E-state index in [-0.39, 0.29) is 23.2 Å². The van der Waals surface area contributed by atoms with Gasteiger partial charge in [0, 0.05) is 47.5 Å². The van der Waals surface area contributed by atoms with Crippen LogP contribution in [0.2, 0.25) is 5.02 Å². The molecule has 2 amide bonds. The Morgan fingerprint density at radius 1 is 1.02 bits per heavy atom. The Labute approximate surface area is 319 Å². The monoisotopic (exact) mass is 755 g/mol. The van der Waals surface area contributed by atoms with Crippen molar-refractivity contribution in [2.45, 2.75) is 82.8 Å². The first-order valence-electron chi connectivity index (χ1n) is 19.3. The number of carbonyl (C=O) groups excluding carboxylic acids is 2. The third kappa shape index (κ3) is 7.47. The molecule has 3 aromatic carbocycles. The molecule has 2 aliphatic carbocycles. The van der Waals surface area contributed by atoms with E-state index in [0.29, 0.717) is 42.6 Å². The molecule has 5 aliphatic rings. The number of hydrogen-bond donors (Lipinski definition) is 1. The number of carbonyl (C=O) groups is 2. The van der Waals surface area contributed by atoms with Crippen LogP contribution in [0.5, 0.6) is 0 Å². The van der Waals surface area contributed by atoms with Crippen LogP contribution in [0.15, 0.2) is 71.1 Å². The smallest absolute Gasteiger partial charge is 0.286 e. The molecular formula is C43H50ClN3O5S. The van der Waals surface area contributed by atoms with E-state index in [2.05, 4.69) is 44.3 Å². The zero-order valence-electron chi connectivity index (χ0n) is 30.8. The van der Waals surface area contributed by atoms with Gasteiger partial charge < -0.3 is 14.4 Å². The summed E-state index contributed by atoms with van der Waals surface area (Å²) < 4.78 is 33.5. The zero-order valence-corrected chi connectivity index (χ0v) is 32.4. The highest BCUT2D eigenvalue weighted by Gasteiger charge is 2.43. The number of amides is 2. The highest BCUT2D eigenvalue weighted by Crippen LogP contribution is 2.47. The first-order chi connectivity index (χ1) is 25.6. The molecule has 3 aromatic rings. The highest BCUT2D eigenvalue weighted by molar-refractivity contribution is 7.92. The maximum absolute atomic E-state index is 14.7. The van der Waals surface area contributed by atoms with E-state index in [1.54, 1.807) is 19.2 Å². The van der Waals surface area contributed by atoms with Crippen LogP contribution >= 0.6 is 11.6 Å². The molecule has 10 heteroatoms. The lowest BCUT2D eigenvalue weighted by atomic mass is 9.66. The Morgan fingerprint density at radius 3 is 2.72 bits per heavy atom. The normalized spacial score (nSPS) is 30.5. The number of allylic oxidation sites excluding steroid dienone is 1. The van der Waals surface area contributed by atoms with Crippen LogP contribution in [0, 0.1) is 17.8 Å². The predicted molar refractivity (Wildman–Crippen MR) is 210 cm³/mol. The Hall–Kier alpha value is -3.50. The molecule has 2 bridgehead atoms. The molecule has 1 fully saturated rings. The van der Waals surface area contributed by atoms with E-state index < -0.39 is 21.7 Å². The molecule has 53 heavy (non-hydrogen) atoms. The standard InChI is InChI=1S/C43H50ClN3O5S/c1-28-5-3-7-40(51-2)37-14-12-34(37)24-47-27-43(18-4-6-31-22-36(44)13-15-38(31)43)19-16-30-9-11-33(23-39(30)47)42(49)46-53(50,26-28)45-41(48)32-10-8-29-17-20-52-25-35(29)21-32/h3,7-11,13,15,21-23,28,34,37,40H,4-6,12,14,16-20,24-27H2,1-2H3,(H,45,46,48,49,50)/b7-3-/t28-,34-,37+,40-,43+,53?/m0/s1. The minimum absolute atomic E-state index is 0.0264. The maximum atomic E-state index is 14.7. The first-order valence-corrected chi connectivity index (χ1v) is 21.4. The van der Waals surface area contributed by atoms with Crippen molar-refractivity contribution in [3.05, 3.63) is 111 Å². The molecule has 0 aromatic heterocycles. The number of rotatable bonds is 3. The van der Waals surface area contributed by atoms with Gasteiger partial charge in [0.05, 0.1) is 25.1 Å². The quantitative estimate of drug-likeness (QED) is 0.272. The molecule has 8 rings (SSSR count). The van der Waals surface area contributed by atoms with Gasteiger partial charge in [-0.15, -0.1) is 4.36 Å². The number of benzene rings is 3. The van der Waals surface area contributed by atoms with Gasteiger partial charge in [-0.1, -0.05) is 48.9 Å². The second-order valence-electron chi connectivity index (χ2n) is 16.1. The van der Waals surface area contributed by atoms with E-state index in [1.165, 1.54) is 16.7 Å². The number of hydrogen-bond acceptors (Lipinski definition) is 6. The first kappa shape index (κ1) is 36.5. The maximum Gasteiger partial charge on any atom is 0.286 e. The van der Waals surface area contributed by atoms with Gasteiger partial charge in [0.2, 0.25) is 0 Å². The molecule has 280 valence electrons. The van der Waals surface area contributed by atoms with Crippen LogP contribution in [0.25, 0.3) is 0 Å². The molecule has 6 atom stereocenters. The third-order valence-corrected chi connectivity index (χ3v) is 14.7. The second kappa shape index (κ2) is 15.0. The topological polar surface area (TPSA) is 97.3 Å². The fourth-order valence-electron chi connectivity index (χ4n) is 9.57. The number of fused-ring (bicyclic) bond motifs is 5. The minimum atomic E-state index is -3.51. The number of anilines is 1. The molecule has 3 heterocycles. The van der Waals surface area contributed by atoms with Crippen LogP contribution in [-0.4, -0.2) is 54.7 Å². The Kier molecular flexibility index (Phi) is 10.3. The lowest BCUT2D eigenvalue weighted by Gasteiger charge is -2.46. The molecule has 1 spiro atoms. The van der Waals surface area contributed by atoms with Crippen LogP contribution in [-0.2, 0) is 50.7 Å². The molecule has 0 saturated heterocycles. The van der Waals surface area contributed by atoms with Crippen LogP contribution in [0.3, 0.4) is 0 Å². The van der Waals surface area contributed by atoms with Crippen molar-refractivity contribution >= 4 is 39.0 Å². The fraction of sp³-hybridized carbons (Fsp3) is 0.488. The molecule has 3 aliphatic heterocycles. The zero-order chi connectivity index (χ0) is 36.7. The summed E-state index contributed by atoms with van der Waals surface area (Å²) in [6.45, 7) is 4.77. The molecule has 1 saturated carbocycles. The van der Waals surface area contributed by atoms with Gasteiger partial charge in [-0.3, -0.25) is 14.3 Å². The van der Waals surface area contributed by atoms with Gasteiger partial charge in [-0.2, -0.15) is 0 Å². The van der Waals surface area contributed by atoms with Crippen molar-refractivity contribution in [2.75, 3.05) is 37.5 Å². The van der Waals surface area contributed by atoms with Crippen molar-refractivity contribution in [3.63, 3.8) is 0 Å². The average molecular weight is 756 g/mol. The number of nitrogens with one attached hydrogen (secondary N) is 1. The fourth-order valence-corrected chi connectivity index (χ4v) is 11.7. The van der Waals surface area contributed by atoms with Gasteiger partial charge in [-0.05, 0) is 140 Å². The van der Waals surface area contributed by atoms with Crippen molar-refractivity contribution in [1.82, 2.24) is 4.72 Å². The Balaban J connectivity index is 1.18. The van der Waals surface area contributed by atoms with E-state index in [1.807, 2.05) is 31.2 Å². The van der Waals surface area contributed by atoms with E-state index in [9.17, 15) is 13.8 Å². The summed E-state index contributed by atoms with van der Waals surface area (Å²) in [7, 11) is -1.72. The van der Waals surface area contributed by atoms with Crippen molar-refractivity contribution < 1.29 is 23.3 Å². The number of ether oxygens (including phenoxy) is 2. The van der Waals surface area contributed by atoms with Gasteiger partial charge in [-0.25, -0.2) is 4.21 Å². The third-order valence-electron chi connectivity index (χ3n) is 12.5.